The molecule has 0 aliphatic carbocycles. The quantitative estimate of drug-likeness (QED) is 0.705. The van der Waals surface area contributed by atoms with Gasteiger partial charge >= 0.3 is 0 Å². The van der Waals surface area contributed by atoms with Crippen LogP contribution < -0.4 is 0 Å². The predicted molar refractivity (Wildman–Crippen MR) is 52.0 cm³/mol. The molecule has 0 aromatic carbocycles. The molecule has 70 valence electrons. The van der Waals surface area contributed by atoms with E-state index in [4.69, 9.17) is 10.5 Å². The van der Waals surface area contributed by atoms with E-state index in [1.807, 2.05) is 19.1 Å². The Hall–Kier alpha value is -2.07. The summed E-state index contributed by atoms with van der Waals surface area (Å²) in [6.45, 7) is 8.07. The molecule has 0 saturated heterocycles. The maximum atomic E-state index is 8.86. The van der Waals surface area contributed by atoms with Crippen LogP contribution in [0.3, 0.4) is 0 Å². The predicted octanol–water partition coefficient (Wildman–Crippen LogP) is 1.68. The summed E-state index contributed by atoms with van der Waals surface area (Å²) in [5.74, 6) is 0.612. The second-order valence-electron chi connectivity index (χ2n) is 2.88. The zero-order chi connectivity index (χ0) is 10.7. The first-order valence-electron chi connectivity index (χ1n) is 4.22. The highest BCUT2D eigenvalue weighted by Gasteiger charge is 2.15. The molecule has 0 aliphatic rings. The fraction of sp³-hybridized carbons (Fsp3) is 0.300. The van der Waals surface area contributed by atoms with E-state index < -0.39 is 0 Å². The fourth-order valence-corrected chi connectivity index (χ4v) is 1.28. The largest absolute Gasteiger partial charge is 0.315 e. The highest BCUT2D eigenvalue weighted by Crippen LogP contribution is 2.16. The molecular formula is C10H10N4. The normalized spacial score (nSPS) is 9.14. The van der Waals surface area contributed by atoms with E-state index in [1.165, 1.54) is 0 Å². The van der Waals surface area contributed by atoms with Crippen molar-refractivity contribution in [2.75, 3.05) is 0 Å². The zero-order valence-electron chi connectivity index (χ0n) is 8.20. The van der Waals surface area contributed by atoms with Crippen LogP contribution in [0.1, 0.15) is 31.1 Å². The lowest BCUT2D eigenvalue weighted by atomic mass is 10.3. The molecule has 14 heavy (non-hydrogen) atoms. The van der Waals surface area contributed by atoms with Gasteiger partial charge in [0, 0.05) is 6.54 Å². The van der Waals surface area contributed by atoms with Crippen LogP contribution in [-0.4, -0.2) is 9.55 Å². The van der Waals surface area contributed by atoms with E-state index in [9.17, 15) is 0 Å². The van der Waals surface area contributed by atoms with Gasteiger partial charge in [0.1, 0.15) is 18.0 Å². The summed E-state index contributed by atoms with van der Waals surface area (Å²) in [4.78, 5) is 4.05. The van der Waals surface area contributed by atoms with Crippen LogP contribution in [0.5, 0.6) is 0 Å². The minimum absolute atomic E-state index is 0.173. The van der Waals surface area contributed by atoms with Crippen molar-refractivity contribution < 1.29 is 0 Å². The fourth-order valence-electron chi connectivity index (χ4n) is 1.28. The number of aromatic nitrogens is 2. The molecule has 1 aromatic heterocycles. The maximum absolute atomic E-state index is 8.86. The van der Waals surface area contributed by atoms with Gasteiger partial charge in [0.25, 0.3) is 0 Å². The molecule has 0 N–H and O–H groups in total. The van der Waals surface area contributed by atoms with E-state index in [1.54, 1.807) is 11.5 Å². The Balaban J connectivity index is 3.51. The Morgan fingerprint density at radius 2 is 2.14 bits per heavy atom. The van der Waals surface area contributed by atoms with Gasteiger partial charge in [-0.2, -0.15) is 10.5 Å². The molecule has 0 spiro atoms. The third-order valence-corrected chi connectivity index (χ3v) is 1.88. The first kappa shape index (κ1) is 10.0. The molecule has 4 nitrogen and oxygen atoms in total. The van der Waals surface area contributed by atoms with E-state index in [0.717, 1.165) is 5.57 Å². The van der Waals surface area contributed by atoms with Gasteiger partial charge in [0.15, 0.2) is 11.4 Å². The Morgan fingerprint density at radius 1 is 1.50 bits per heavy atom. The standard InChI is InChI=1S/C10H10N4/c1-4-14-9(6-12)8(5-11)13-10(14)7(2)3/h2,4H2,1,3H3. The molecule has 0 bridgehead atoms. The van der Waals surface area contributed by atoms with E-state index in [-0.39, 0.29) is 5.69 Å². The number of nitrogens with zero attached hydrogens (tertiary/aromatic N) is 4. The summed E-state index contributed by atoms with van der Waals surface area (Å²) in [6, 6.07) is 3.88. The lowest BCUT2D eigenvalue weighted by Crippen LogP contribution is -2.02. The summed E-state index contributed by atoms with van der Waals surface area (Å²) in [7, 11) is 0. The first-order chi connectivity index (χ1) is 6.65. The van der Waals surface area contributed by atoms with E-state index in [2.05, 4.69) is 11.6 Å². The Kier molecular flexibility index (Phi) is 2.69. The number of allylic oxidation sites excluding steroid dienone is 1. The van der Waals surface area contributed by atoms with Crippen molar-refractivity contribution in [1.82, 2.24) is 9.55 Å². The first-order valence-corrected chi connectivity index (χ1v) is 4.22. The molecule has 0 atom stereocenters. The van der Waals surface area contributed by atoms with Crippen LogP contribution in [0.15, 0.2) is 6.58 Å². The van der Waals surface area contributed by atoms with Gasteiger partial charge in [-0.15, -0.1) is 0 Å². The van der Waals surface area contributed by atoms with Crippen molar-refractivity contribution in [2.24, 2.45) is 0 Å². The van der Waals surface area contributed by atoms with Crippen LogP contribution in [-0.2, 0) is 6.54 Å². The van der Waals surface area contributed by atoms with Crippen molar-refractivity contribution in [3.63, 3.8) is 0 Å². The number of rotatable bonds is 2. The number of imidazole rings is 1. The second-order valence-corrected chi connectivity index (χ2v) is 2.88. The molecule has 0 saturated carbocycles. The average molecular weight is 186 g/mol. The molecule has 1 rings (SSSR count). The maximum Gasteiger partial charge on any atom is 0.177 e. The molecule has 0 unspecified atom stereocenters. The van der Waals surface area contributed by atoms with Gasteiger partial charge < -0.3 is 4.57 Å². The minimum atomic E-state index is 0.173. The lowest BCUT2D eigenvalue weighted by molar-refractivity contribution is 0.738. The Morgan fingerprint density at radius 3 is 2.50 bits per heavy atom. The molecular weight excluding hydrogens is 176 g/mol. The summed E-state index contributed by atoms with van der Waals surface area (Å²) >= 11 is 0. The second kappa shape index (κ2) is 3.76. The van der Waals surface area contributed by atoms with Gasteiger partial charge in [0.2, 0.25) is 0 Å². The molecule has 1 aromatic rings. The highest BCUT2D eigenvalue weighted by atomic mass is 15.1. The summed E-state index contributed by atoms with van der Waals surface area (Å²) < 4.78 is 1.70. The van der Waals surface area contributed by atoms with Crippen molar-refractivity contribution in [3.05, 3.63) is 23.8 Å². The average Bonchev–Trinajstić information content (AvgIpc) is 2.54. The van der Waals surface area contributed by atoms with Gasteiger partial charge in [-0.3, -0.25) is 0 Å². The molecule has 0 amide bonds. The highest BCUT2D eigenvalue weighted by molar-refractivity contribution is 5.58. The van der Waals surface area contributed by atoms with E-state index in [0.29, 0.717) is 18.1 Å². The molecule has 0 fully saturated rings. The Labute approximate surface area is 82.7 Å². The van der Waals surface area contributed by atoms with Gasteiger partial charge in [-0.25, -0.2) is 4.98 Å². The Bertz CT molecular complexity index is 454. The molecule has 1 heterocycles. The van der Waals surface area contributed by atoms with E-state index >= 15 is 0 Å². The topological polar surface area (TPSA) is 65.4 Å². The number of hydrogen-bond donors (Lipinski definition) is 0. The van der Waals surface area contributed by atoms with Crippen molar-refractivity contribution in [1.29, 1.82) is 10.5 Å². The monoisotopic (exact) mass is 186 g/mol. The smallest absolute Gasteiger partial charge is 0.177 e. The third-order valence-electron chi connectivity index (χ3n) is 1.88. The number of nitriles is 2. The minimum Gasteiger partial charge on any atom is -0.315 e. The van der Waals surface area contributed by atoms with Gasteiger partial charge in [-0.05, 0) is 19.4 Å². The van der Waals surface area contributed by atoms with Crippen LogP contribution in [0.25, 0.3) is 5.57 Å². The molecule has 0 aliphatic heterocycles. The van der Waals surface area contributed by atoms with Gasteiger partial charge in [0.05, 0.1) is 0 Å². The zero-order valence-corrected chi connectivity index (χ0v) is 8.20. The number of hydrogen-bond acceptors (Lipinski definition) is 3. The van der Waals surface area contributed by atoms with Crippen molar-refractivity contribution in [2.45, 2.75) is 20.4 Å². The summed E-state index contributed by atoms with van der Waals surface area (Å²) in [6.07, 6.45) is 0. The van der Waals surface area contributed by atoms with Crippen LogP contribution in [0, 0.1) is 22.7 Å². The van der Waals surface area contributed by atoms with Crippen LogP contribution in [0.4, 0.5) is 0 Å². The third kappa shape index (κ3) is 1.38. The van der Waals surface area contributed by atoms with Crippen LogP contribution >= 0.6 is 0 Å². The summed E-state index contributed by atoms with van der Waals surface area (Å²) in [5, 5.41) is 17.6. The van der Waals surface area contributed by atoms with Gasteiger partial charge in [-0.1, -0.05) is 6.58 Å². The SMILES string of the molecule is C=C(C)c1nc(C#N)c(C#N)n1CC. The van der Waals surface area contributed by atoms with Crippen molar-refractivity contribution >= 4 is 5.57 Å². The lowest BCUT2D eigenvalue weighted by Gasteiger charge is -2.03. The summed E-state index contributed by atoms with van der Waals surface area (Å²) in [5.41, 5.74) is 1.24. The van der Waals surface area contributed by atoms with Crippen LogP contribution in [0.2, 0.25) is 0 Å². The molecule has 0 radical (unpaired) electrons. The van der Waals surface area contributed by atoms with Crippen molar-refractivity contribution in [3.8, 4) is 12.1 Å². The molecule has 4 heteroatoms.